The summed E-state index contributed by atoms with van der Waals surface area (Å²) in [6.45, 7) is 7.18. The summed E-state index contributed by atoms with van der Waals surface area (Å²) < 4.78 is 13.7. The van der Waals surface area contributed by atoms with Gasteiger partial charge in [-0.25, -0.2) is 0 Å². The third-order valence-electron chi connectivity index (χ3n) is 3.33. The molecule has 0 aliphatic carbocycles. The zero-order valence-corrected chi connectivity index (χ0v) is 12.7. The quantitative estimate of drug-likeness (QED) is 0.876. The molecule has 1 N–H and O–H groups in total. The van der Waals surface area contributed by atoms with Gasteiger partial charge in [0, 0.05) is 15.9 Å². The highest BCUT2D eigenvalue weighted by atomic mass is 31.2. The highest BCUT2D eigenvalue weighted by Crippen LogP contribution is 2.54. The van der Waals surface area contributed by atoms with Crippen LogP contribution in [0.25, 0.3) is 0 Å². The Balaban J connectivity index is 2.69. The molecule has 0 heterocycles. The molecule has 2 aromatic carbocycles. The van der Waals surface area contributed by atoms with Crippen molar-refractivity contribution >= 4 is 17.8 Å². The van der Waals surface area contributed by atoms with Gasteiger partial charge in [-0.3, -0.25) is 0 Å². The van der Waals surface area contributed by atoms with Crippen LogP contribution in [0, 0.1) is 0 Å². The van der Waals surface area contributed by atoms with Crippen molar-refractivity contribution in [2.45, 2.75) is 19.4 Å². The summed E-state index contributed by atoms with van der Waals surface area (Å²) in [4.78, 5) is 0. The van der Waals surface area contributed by atoms with Crippen molar-refractivity contribution in [3.05, 3.63) is 72.6 Å². The van der Waals surface area contributed by atoms with E-state index in [1.807, 2.05) is 60.7 Å². The van der Waals surface area contributed by atoms with Gasteiger partial charge in [-0.15, -0.1) is 0 Å². The first-order valence-electron chi connectivity index (χ1n) is 6.50. The number of aliphatic hydroxyl groups is 1. The Morgan fingerprint density at radius 1 is 0.950 bits per heavy atom. The van der Waals surface area contributed by atoms with Crippen molar-refractivity contribution in [1.29, 1.82) is 0 Å². The lowest BCUT2D eigenvalue weighted by atomic mass is 10.1. The van der Waals surface area contributed by atoms with E-state index in [1.165, 1.54) is 0 Å². The molecule has 0 unspecified atom stereocenters. The lowest BCUT2D eigenvalue weighted by Gasteiger charge is -2.29. The second-order valence-corrected chi connectivity index (χ2v) is 8.08. The van der Waals surface area contributed by atoms with Crippen LogP contribution >= 0.6 is 7.14 Å². The monoisotopic (exact) mass is 286 g/mol. The second-order valence-electron chi connectivity index (χ2n) is 5.29. The minimum absolute atomic E-state index is 0.349. The molecule has 0 radical (unpaired) electrons. The van der Waals surface area contributed by atoms with Gasteiger partial charge in [-0.1, -0.05) is 67.2 Å². The maximum atomic E-state index is 13.7. The maximum Gasteiger partial charge on any atom is 0.169 e. The molecule has 0 aliphatic heterocycles. The Morgan fingerprint density at radius 2 is 1.30 bits per heavy atom. The van der Waals surface area contributed by atoms with Crippen molar-refractivity contribution in [3.63, 3.8) is 0 Å². The Kier molecular flexibility index (Phi) is 3.99. The summed E-state index contributed by atoms with van der Waals surface area (Å²) >= 11 is 0. The summed E-state index contributed by atoms with van der Waals surface area (Å²) in [7, 11) is -3.08. The lowest BCUT2D eigenvalue weighted by molar-refractivity contribution is 0.128. The summed E-state index contributed by atoms with van der Waals surface area (Å²) in [5, 5.41) is 12.0. The van der Waals surface area contributed by atoms with Crippen molar-refractivity contribution in [2.75, 3.05) is 0 Å². The normalized spacial score (nSPS) is 12.2. The SMILES string of the molecule is C=C(C(C)(C)O)P(=O)(c1ccccc1)c1ccccc1. The molecule has 104 valence electrons. The van der Waals surface area contributed by atoms with Crippen molar-refractivity contribution in [2.24, 2.45) is 0 Å². The fraction of sp³-hybridized carbons (Fsp3) is 0.176. The van der Waals surface area contributed by atoms with Crippen LogP contribution in [-0.2, 0) is 4.57 Å². The van der Waals surface area contributed by atoms with E-state index in [0.29, 0.717) is 15.9 Å². The predicted octanol–water partition coefficient (Wildman–Crippen LogP) is 3.29. The lowest BCUT2D eigenvalue weighted by Crippen LogP contribution is -2.28. The van der Waals surface area contributed by atoms with E-state index in [9.17, 15) is 9.67 Å². The summed E-state index contributed by atoms with van der Waals surface area (Å²) in [5.41, 5.74) is -1.21. The molecule has 0 saturated heterocycles. The molecule has 0 fully saturated rings. The van der Waals surface area contributed by atoms with Gasteiger partial charge in [0.05, 0.1) is 5.60 Å². The topological polar surface area (TPSA) is 37.3 Å². The van der Waals surface area contributed by atoms with E-state index in [1.54, 1.807) is 13.8 Å². The minimum Gasteiger partial charge on any atom is -0.386 e. The van der Waals surface area contributed by atoms with Crippen LogP contribution in [0.5, 0.6) is 0 Å². The van der Waals surface area contributed by atoms with E-state index in [4.69, 9.17) is 0 Å². The van der Waals surface area contributed by atoms with Crippen LogP contribution < -0.4 is 10.6 Å². The average molecular weight is 286 g/mol. The third-order valence-corrected chi connectivity index (χ3v) is 6.68. The minimum atomic E-state index is -3.08. The van der Waals surface area contributed by atoms with E-state index in [2.05, 4.69) is 6.58 Å². The largest absolute Gasteiger partial charge is 0.386 e. The number of hydrogen-bond acceptors (Lipinski definition) is 2. The molecule has 3 heteroatoms. The molecule has 2 nitrogen and oxygen atoms in total. The maximum absolute atomic E-state index is 13.7. The van der Waals surface area contributed by atoms with Crippen LogP contribution in [-0.4, -0.2) is 10.7 Å². The first-order valence-corrected chi connectivity index (χ1v) is 8.21. The van der Waals surface area contributed by atoms with Crippen molar-refractivity contribution < 1.29 is 9.67 Å². The first kappa shape index (κ1) is 14.8. The zero-order chi connectivity index (χ0) is 14.8. The highest BCUT2D eigenvalue weighted by Gasteiger charge is 2.37. The van der Waals surface area contributed by atoms with Crippen LogP contribution in [0.3, 0.4) is 0 Å². The number of hydrogen-bond donors (Lipinski definition) is 1. The molecule has 20 heavy (non-hydrogen) atoms. The van der Waals surface area contributed by atoms with E-state index >= 15 is 0 Å². The van der Waals surface area contributed by atoms with E-state index < -0.39 is 12.7 Å². The Morgan fingerprint density at radius 3 is 1.60 bits per heavy atom. The molecule has 0 aromatic heterocycles. The predicted molar refractivity (Wildman–Crippen MR) is 85.2 cm³/mol. The first-order chi connectivity index (χ1) is 9.37. The van der Waals surface area contributed by atoms with Gasteiger partial charge in [-0.05, 0) is 13.8 Å². The van der Waals surface area contributed by atoms with Gasteiger partial charge < -0.3 is 9.67 Å². The average Bonchev–Trinajstić information content (AvgIpc) is 2.46. The summed E-state index contributed by atoms with van der Waals surface area (Å²) in [5.74, 6) is 0. The summed E-state index contributed by atoms with van der Waals surface area (Å²) in [6, 6.07) is 18.5. The van der Waals surface area contributed by atoms with Crippen LogP contribution in [0.15, 0.2) is 72.6 Å². The molecule has 2 rings (SSSR count). The molecule has 0 bridgehead atoms. The fourth-order valence-electron chi connectivity index (χ4n) is 2.12. The smallest absolute Gasteiger partial charge is 0.169 e. The Hall–Kier alpha value is -1.63. The van der Waals surface area contributed by atoms with Gasteiger partial charge in [0.25, 0.3) is 0 Å². The highest BCUT2D eigenvalue weighted by molar-refractivity contribution is 7.82. The summed E-state index contributed by atoms with van der Waals surface area (Å²) in [6.07, 6.45) is 0. The Labute approximate surface area is 120 Å². The van der Waals surface area contributed by atoms with E-state index in [-0.39, 0.29) is 0 Å². The molecular formula is C17H19O2P. The fourth-order valence-corrected chi connectivity index (χ4v) is 5.00. The van der Waals surface area contributed by atoms with Crippen LogP contribution in [0.4, 0.5) is 0 Å². The van der Waals surface area contributed by atoms with Gasteiger partial charge in [0.1, 0.15) is 0 Å². The number of benzene rings is 2. The van der Waals surface area contributed by atoms with Crippen molar-refractivity contribution in [1.82, 2.24) is 0 Å². The molecule has 0 aliphatic rings. The van der Waals surface area contributed by atoms with Gasteiger partial charge >= 0.3 is 0 Å². The van der Waals surface area contributed by atoms with Crippen molar-refractivity contribution in [3.8, 4) is 0 Å². The van der Waals surface area contributed by atoms with Gasteiger partial charge in [0.2, 0.25) is 0 Å². The van der Waals surface area contributed by atoms with E-state index in [0.717, 1.165) is 0 Å². The van der Waals surface area contributed by atoms with Gasteiger partial charge in [-0.2, -0.15) is 0 Å². The molecule has 0 saturated carbocycles. The molecule has 0 atom stereocenters. The molecule has 0 spiro atoms. The van der Waals surface area contributed by atoms with Crippen LogP contribution in [0.1, 0.15) is 13.8 Å². The molecule has 2 aromatic rings. The van der Waals surface area contributed by atoms with Crippen LogP contribution in [0.2, 0.25) is 0 Å². The zero-order valence-electron chi connectivity index (χ0n) is 11.8. The van der Waals surface area contributed by atoms with Gasteiger partial charge in [0.15, 0.2) is 7.14 Å². The second kappa shape index (κ2) is 5.40. The number of rotatable bonds is 4. The Bertz CT molecular complexity index is 596. The standard InChI is InChI=1S/C17H19O2P/c1-14(17(2,3)18)20(19,15-10-6-4-7-11-15)16-12-8-5-9-13-16/h4-13,18H,1H2,2-3H3. The molecular weight excluding hydrogens is 267 g/mol. The third kappa shape index (κ3) is 2.63. The molecule has 0 amide bonds.